The lowest BCUT2D eigenvalue weighted by atomic mass is 10.1. The van der Waals surface area contributed by atoms with Gasteiger partial charge in [-0.15, -0.1) is 0 Å². The molecule has 5 nitrogen and oxygen atoms in total. The third-order valence-corrected chi connectivity index (χ3v) is 3.62. The highest BCUT2D eigenvalue weighted by molar-refractivity contribution is 5.77. The molecule has 3 aromatic rings. The van der Waals surface area contributed by atoms with Crippen molar-refractivity contribution in [1.82, 2.24) is 20.1 Å². The second-order valence-corrected chi connectivity index (χ2v) is 5.20. The maximum absolute atomic E-state index is 6.00. The van der Waals surface area contributed by atoms with Gasteiger partial charge in [-0.1, -0.05) is 25.1 Å². The number of aryl methyl sites for hydroxylation is 1. The Morgan fingerprint density at radius 2 is 2.19 bits per heavy atom. The van der Waals surface area contributed by atoms with Crippen molar-refractivity contribution in [2.75, 3.05) is 6.54 Å². The lowest BCUT2D eigenvalue weighted by molar-refractivity contribution is 0.418. The summed E-state index contributed by atoms with van der Waals surface area (Å²) in [5.41, 5.74) is 0.925. The van der Waals surface area contributed by atoms with Crippen LogP contribution >= 0.6 is 0 Å². The van der Waals surface area contributed by atoms with Crippen LogP contribution in [-0.4, -0.2) is 21.3 Å². The Balaban J connectivity index is 1.88. The molecule has 0 aliphatic carbocycles. The van der Waals surface area contributed by atoms with Crippen LogP contribution in [0, 0.1) is 0 Å². The smallest absolute Gasteiger partial charge is 0.138 e. The molecule has 0 amide bonds. The summed E-state index contributed by atoms with van der Waals surface area (Å²) in [4.78, 5) is 4.31. The van der Waals surface area contributed by atoms with E-state index in [1.54, 1.807) is 6.33 Å². The van der Waals surface area contributed by atoms with Crippen LogP contribution < -0.4 is 5.32 Å². The Morgan fingerprint density at radius 3 is 2.90 bits per heavy atom. The molecule has 5 heteroatoms. The summed E-state index contributed by atoms with van der Waals surface area (Å²) in [5.74, 6) is 1.90. The van der Waals surface area contributed by atoms with E-state index < -0.39 is 0 Å². The molecule has 1 unspecified atom stereocenters. The van der Waals surface area contributed by atoms with Gasteiger partial charge in [-0.25, -0.2) is 4.98 Å². The topological polar surface area (TPSA) is 55.9 Å². The molecule has 1 atom stereocenters. The summed E-state index contributed by atoms with van der Waals surface area (Å²) >= 11 is 0. The largest absolute Gasteiger partial charge is 0.459 e. The molecule has 0 saturated heterocycles. The molecule has 0 aliphatic heterocycles. The van der Waals surface area contributed by atoms with Crippen LogP contribution in [0.1, 0.15) is 31.0 Å². The van der Waals surface area contributed by atoms with Crippen molar-refractivity contribution in [2.24, 2.45) is 7.05 Å². The lowest BCUT2D eigenvalue weighted by Gasteiger charge is -2.15. The van der Waals surface area contributed by atoms with Crippen LogP contribution in [0.3, 0.4) is 0 Å². The predicted octanol–water partition coefficient (Wildman–Crippen LogP) is 2.84. The number of nitrogens with one attached hydrogen (secondary N) is 1. The Kier molecular flexibility index (Phi) is 4.01. The Hall–Kier alpha value is -2.14. The number of para-hydroxylation sites is 1. The second-order valence-electron chi connectivity index (χ2n) is 5.20. The zero-order chi connectivity index (χ0) is 14.7. The van der Waals surface area contributed by atoms with Gasteiger partial charge < -0.3 is 9.73 Å². The number of aromatic nitrogens is 3. The van der Waals surface area contributed by atoms with E-state index in [9.17, 15) is 0 Å². The fourth-order valence-corrected chi connectivity index (χ4v) is 2.45. The zero-order valence-electron chi connectivity index (χ0n) is 12.4. The highest BCUT2D eigenvalue weighted by Gasteiger charge is 2.18. The average molecular weight is 284 g/mol. The van der Waals surface area contributed by atoms with Crippen LogP contribution in [0.2, 0.25) is 0 Å². The molecule has 0 saturated carbocycles. The molecule has 2 aromatic heterocycles. The normalized spacial score (nSPS) is 12.9. The van der Waals surface area contributed by atoms with Gasteiger partial charge in [-0.3, -0.25) is 4.68 Å². The van der Waals surface area contributed by atoms with Crippen molar-refractivity contribution in [3.05, 3.63) is 48.2 Å². The van der Waals surface area contributed by atoms with E-state index in [1.807, 2.05) is 29.9 Å². The van der Waals surface area contributed by atoms with E-state index in [0.717, 1.165) is 41.9 Å². The number of fused-ring (bicyclic) bond motifs is 1. The summed E-state index contributed by atoms with van der Waals surface area (Å²) in [6.45, 7) is 3.10. The summed E-state index contributed by atoms with van der Waals surface area (Å²) in [6, 6.07) is 10.3. The molecule has 110 valence electrons. The van der Waals surface area contributed by atoms with Crippen LogP contribution in [0.4, 0.5) is 0 Å². The van der Waals surface area contributed by atoms with E-state index >= 15 is 0 Å². The standard InChI is InChI=1S/C16H20N4O/c1-3-8-17-13(10-16-18-11-19-20(16)2)15-9-12-6-4-5-7-14(12)21-15/h4-7,9,11,13,17H,3,8,10H2,1-2H3. The molecule has 1 N–H and O–H groups in total. The van der Waals surface area contributed by atoms with E-state index in [2.05, 4.69) is 34.5 Å². The quantitative estimate of drug-likeness (QED) is 0.756. The maximum atomic E-state index is 6.00. The molecule has 1 aromatic carbocycles. The molecular weight excluding hydrogens is 264 g/mol. The van der Waals surface area contributed by atoms with E-state index in [-0.39, 0.29) is 6.04 Å². The fraction of sp³-hybridized carbons (Fsp3) is 0.375. The second kappa shape index (κ2) is 6.10. The summed E-state index contributed by atoms with van der Waals surface area (Å²) in [7, 11) is 1.91. The first-order chi connectivity index (χ1) is 10.3. The third-order valence-electron chi connectivity index (χ3n) is 3.62. The number of benzene rings is 1. The zero-order valence-corrected chi connectivity index (χ0v) is 12.4. The minimum absolute atomic E-state index is 0.111. The molecule has 3 rings (SSSR count). The lowest BCUT2D eigenvalue weighted by Crippen LogP contribution is -2.24. The molecule has 0 aliphatic rings. The van der Waals surface area contributed by atoms with Crippen molar-refractivity contribution in [2.45, 2.75) is 25.8 Å². The fourth-order valence-electron chi connectivity index (χ4n) is 2.45. The first-order valence-corrected chi connectivity index (χ1v) is 7.32. The van der Waals surface area contributed by atoms with Gasteiger partial charge in [-0.05, 0) is 25.1 Å². The number of nitrogens with zero attached hydrogens (tertiary/aromatic N) is 3. The average Bonchev–Trinajstić information content (AvgIpc) is 3.09. The van der Waals surface area contributed by atoms with Gasteiger partial charge in [0.15, 0.2) is 0 Å². The van der Waals surface area contributed by atoms with Gasteiger partial charge in [0.05, 0.1) is 6.04 Å². The van der Waals surface area contributed by atoms with Gasteiger partial charge in [0, 0.05) is 18.9 Å². The molecule has 0 radical (unpaired) electrons. The van der Waals surface area contributed by atoms with Crippen molar-refractivity contribution in [3.8, 4) is 0 Å². The van der Waals surface area contributed by atoms with Crippen LogP contribution in [0.5, 0.6) is 0 Å². The van der Waals surface area contributed by atoms with Crippen LogP contribution in [0.15, 0.2) is 41.1 Å². The number of hydrogen-bond acceptors (Lipinski definition) is 4. The van der Waals surface area contributed by atoms with Gasteiger partial charge in [-0.2, -0.15) is 5.10 Å². The Morgan fingerprint density at radius 1 is 1.33 bits per heavy atom. The Labute approximate surface area is 124 Å². The first-order valence-electron chi connectivity index (χ1n) is 7.32. The van der Waals surface area contributed by atoms with Crippen molar-refractivity contribution in [3.63, 3.8) is 0 Å². The monoisotopic (exact) mass is 284 g/mol. The molecule has 21 heavy (non-hydrogen) atoms. The third kappa shape index (κ3) is 2.97. The highest BCUT2D eigenvalue weighted by Crippen LogP contribution is 2.25. The minimum Gasteiger partial charge on any atom is -0.459 e. The summed E-state index contributed by atoms with van der Waals surface area (Å²) in [5, 5.41) is 8.80. The summed E-state index contributed by atoms with van der Waals surface area (Å²) in [6.07, 6.45) is 3.43. The SMILES string of the molecule is CCCNC(Cc1ncnn1C)c1cc2ccccc2o1. The van der Waals surface area contributed by atoms with Crippen molar-refractivity contribution < 1.29 is 4.42 Å². The molecule has 0 bridgehead atoms. The minimum atomic E-state index is 0.111. The summed E-state index contributed by atoms with van der Waals surface area (Å²) < 4.78 is 7.80. The number of rotatable bonds is 6. The van der Waals surface area contributed by atoms with Gasteiger partial charge in [0.2, 0.25) is 0 Å². The van der Waals surface area contributed by atoms with Crippen LogP contribution in [-0.2, 0) is 13.5 Å². The number of hydrogen-bond donors (Lipinski definition) is 1. The molecular formula is C16H20N4O. The van der Waals surface area contributed by atoms with Crippen molar-refractivity contribution in [1.29, 1.82) is 0 Å². The predicted molar refractivity (Wildman–Crippen MR) is 82.0 cm³/mol. The van der Waals surface area contributed by atoms with E-state index in [1.165, 1.54) is 0 Å². The van der Waals surface area contributed by atoms with Gasteiger partial charge in [0.1, 0.15) is 23.5 Å². The molecule has 0 spiro atoms. The van der Waals surface area contributed by atoms with Crippen molar-refractivity contribution >= 4 is 11.0 Å². The van der Waals surface area contributed by atoms with Gasteiger partial charge in [0.25, 0.3) is 0 Å². The highest BCUT2D eigenvalue weighted by atomic mass is 16.3. The first kappa shape index (κ1) is 13.8. The maximum Gasteiger partial charge on any atom is 0.138 e. The van der Waals surface area contributed by atoms with Crippen LogP contribution in [0.25, 0.3) is 11.0 Å². The Bertz CT molecular complexity index is 683. The van der Waals surface area contributed by atoms with E-state index in [0.29, 0.717) is 0 Å². The molecule has 2 heterocycles. The van der Waals surface area contributed by atoms with E-state index in [4.69, 9.17) is 4.42 Å². The molecule has 0 fully saturated rings. The number of furan rings is 1. The van der Waals surface area contributed by atoms with Gasteiger partial charge >= 0.3 is 0 Å².